The summed E-state index contributed by atoms with van der Waals surface area (Å²) in [5.74, 6) is -2.56. The Morgan fingerprint density at radius 3 is 2.67 bits per heavy atom. The molecule has 30 heavy (non-hydrogen) atoms. The number of aliphatic hydroxyl groups excluding tert-OH is 1. The Morgan fingerprint density at radius 2 is 1.97 bits per heavy atom. The van der Waals surface area contributed by atoms with E-state index in [-0.39, 0.29) is 33.7 Å². The lowest BCUT2D eigenvalue weighted by atomic mass is 10.1. The summed E-state index contributed by atoms with van der Waals surface area (Å²) in [5, 5.41) is 9.92. The van der Waals surface area contributed by atoms with E-state index in [0.717, 1.165) is 21.6 Å². The first-order valence-corrected chi connectivity index (χ1v) is 8.95. The highest BCUT2D eigenvalue weighted by Crippen LogP contribution is 2.44. The molecule has 0 unspecified atom stereocenters. The van der Waals surface area contributed by atoms with Gasteiger partial charge >= 0.3 is 12.0 Å². The zero-order chi connectivity index (χ0) is 21.8. The van der Waals surface area contributed by atoms with Crippen molar-refractivity contribution >= 4 is 22.5 Å². The molecule has 1 aliphatic heterocycles. The number of para-hydroxylation sites is 1. The smallest absolute Gasteiger partial charge is 0.423 e. The number of alkyl halides is 2. The summed E-state index contributed by atoms with van der Waals surface area (Å²) in [6.07, 6.45) is -5.29. The van der Waals surface area contributed by atoms with Crippen LogP contribution in [0.2, 0.25) is 0 Å². The third-order valence-corrected chi connectivity index (χ3v) is 4.92. The largest absolute Gasteiger partial charge is 0.483 e. The number of halogens is 3. The van der Waals surface area contributed by atoms with Crippen LogP contribution in [0.25, 0.3) is 10.9 Å². The Hall–Kier alpha value is -3.40. The summed E-state index contributed by atoms with van der Waals surface area (Å²) >= 11 is 0. The second kappa shape index (κ2) is 6.84. The van der Waals surface area contributed by atoms with Crippen LogP contribution in [-0.4, -0.2) is 26.7 Å². The fourth-order valence-corrected chi connectivity index (χ4v) is 3.36. The van der Waals surface area contributed by atoms with Crippen LogP contribution in [0, 0.1) is 5.82 Å². The molecule has 1 aliphatic rings. The second-order valence-electron chi connectivity index (χ2n) is 6.94. The highest BCUT2D eigenvalue weighted by atomic mass is 19.3. The Morgan fingerprint density at radius 1 is 1.23 bits per heavy atom. The third kappa shape index (κ3) is 3.09. The molecule has 0 saturated carbocycles. The normalized spacial score (nSPS) is 16.3. The van der Waals surface area contributed by atoms with E-state index in [0.29, 0.717) is 0 Å². The van der Waals surface area contributed by atoms with E-state index in [1.165, 1.54) is 38.2 Å². The molecule has 10 heteroatoms. The van der Waals surface area contributed by atoms with Gasteiger partial charge in [0.1, 0.15) is 11.6 Å². The molecule has 3 aromatic rings. The van der Waals surface area contributed by atoms with Crippen LogP contribution in [0.3, 0.4) is 0 Å². The number of carbonyl (C=O) groups is 1. The lowest BCUT2D eigenvalue weighted by molar-refractivity contribution is -0.193. The number of carbonyl (C=O) groups excluding carboxylic acids is 1. The van der Waals surface area contributed by atoms with Crippen LogP contribution in [-0.2, 0) is 18.4 Å². The number of hydrogen-bond donors (Lipinski definition) is 1. The molecule has 0 spiro atoms. The average molecular weight is 419 g/mol. The van der Waals surface area contributed by atoms with Crippen molar-refractivity contribution in [2.45, 2.75) is 25.7 Å². The fourth-order valence-electron chi connectivity index (χ4n) is 3.36. The first kappa shape index (κ1) is 19.9. The number of benzene rings is 2. The van der Waals surface area contributed by atoms with Gasteiger partial charge in [0.05, 0.1) is 29.2 Å². The zero-order valence-electron chi connectivity index (χ0n) is 15.9. The van der Waals surface area contributed by atoms with Crippen molar-refractivity contribution in [2.75, 3.05) is 4.90 Å². The number of nitrogens with zero attached hydrogens (tertiary/aromatic N) is 3. The summed E-state index contributed by atoms with van der Waals surface area (Å²) in [7, 11) is 1.35. The van der Waals surface area contributed by atoms with Crippen LogP contribution in [0.4, 0.5) is 18.9 Å². The molecule has 156 valence electrons. The van der Waals surface area contributed by atoms with Crippen LogP contribution < -0.4 is 15.2 Å². The van der Waals surface area contributed by atoms with Gasteiger partial charge in [-0.3, -0.25) is 19.1 Å². The molecule has 2 aromatic carbocycles. The number of anilines is 1. The minimum Gasteiger partial charge on any atom is -0.423 e. The molecule has 1 N–H and O–H groups in total. The van der Waals surface area contributed by atoms with Gasteiger partial charge in [-0.05, 0) is 31.2 Å². The molecule has 0 bridgehead atoms. The van der Waals surface area contributed by atoms with Gasteiger partial charge in [-0.2, -0.15) is 8.78 Å². The Balaban J connectivity index is 1.87. The molecule has 0 fully saturated rings. The molecule has 0 aliphatic carbocycles. The van der Waals surface area contributed by atoms with Crippen LogP contribution in [0.15, 0.2) is 41.2 Å². The van der Waals surface area contributed by atoms with Gasteiger partial charge in [0.25, 0.3) is 5.56 Å². The summed E-state index contributed by atoms with van der Waals surface area (Å²) in [5.41, 5.74) is -0.321. The lowest BCUT2D eigenvalue weighted by Crippen LogP contribution is -2.51. The summed E-state index contributed by atoms with van der Waals surface area (Å²) < 4.78 is 47.8. The number of hydrogen-bond acceptors (Lipinski definition) is 5. The van der Waals surface area contributed by atoms with E-state index >= 15 is 0 Å². The predicted molar refractivity (Wildman–Crippen MR) is 101 cm³/mol. The number of fused-ring (bicyclic) bond motifs is 2. The van der Waals surface area contributed by atoms with Crippen molar-refractivity contribution < 1.29 is 27.8 Å². The second-order valence-corrected chi connectivity index (χ2v) is 6.94. The van der Waals surface area contributed by atoms with E-state index in [1.807, 2.05) is 0 Å². The van der Waals surface area contributed by atoms with Gasteiger partial charge in [0.15, 0.2) is 5.75 Å². The fraction of sp³-hybridized carbons (Fsp3) is 0.250. The topological polar surface area (TPSA) is 84.7 Å². The van der Waals surface area contributed by atoms with Crippen LogP contribution >= 0.6 is 0 Å². The van der Waals surface area contributed by atoms with Gasteiger partial charge in [-0.1, -0.05) is 12.1 Å². The molecule has 4 rings (SSSR count). The van der Waals surface area contributed by atoms with Crippen molar-refractivity contribution in [3.05, 3.63) is 64.0 Å². The Bertz CT molecular complexity index is 1240. The van der Waals surface area contributed by atoms with Gasteiger partial charge in [-0.15, -0.1) is 0 Å². The van der Waals surface area contributed by atoms with Crippen LogP contribution in [0.1, 0.15) is 24.4 Å². The molecule has 0 radical (unpaired) electrons. The minimum absolute atomic E-state index is 0.0118. The molecule has 7 nitrogen and oxygen atoms in total. The molecule has 1 atom stereocenters. The van der Waals surface area contributed by atoms with E-state index in [4.69, 9.17) is 0 Å². The number of aromatic nitrogens is 2. The van der Waals surface area contributed by atoms with Crippen LogP contribution in [0.5, 0.6) is 5.75 Å². The van der Waals surface area contributed by atoms with E-state index in [9.17, 15) is 27.9 Å². The van der Waals surface area contributed by atoms with Gasteiger partial charge in [0, 0.05) is 12.6 Å². The number of rotatable bonds is 3. The zero-order valence-corrected chi connectivity index (χ0v) is 15.9. The first-order chi connectivity index (χ1) is 14.1. The van der Waals surface area contributed by atoms with Crippen molar-refractivity contribution in [2.24, 2.45) is 7.05 Å². The highest BCUT2D eigenvalue weighted by molar-refractivity contribution is 6.01. The Kier molecular flexibility index (Phi) is 4.53. The summed E-state index contributed by atoms with van der Waals surface area (Å²) in [6, 6.07) is 7.74. The van der Waals surface area contributed by atoms with Crippen molar-refractivity contribution in [3.63, 3.8) is 0 Å². The van der Waals surface area contributed by atoms with Crippen molar-refractivity contribution in [1.29, 1.82) is 0 Å². The third-order valence-electron chi connectivity index (χ3n) is 4.92. The average Bonchev–Trinajstić information content (AvgIpc) is 2.69. The SMILES string of the molecule is C[C@H](O)c1cccc2c1OC(F)(F)C(=O)N2Cc1nc2ccc(F)cc2c(=O)n1C. The maximum Gasteiger partial charge on any atom is 0.483 e. The monoisotopic (exact) mass is 419 g/mol. The summed E-state index contributed by atoms with van der Waals surface area (Å²) in [4.78, 5) is 30.0. The van der Waals surface area contributed by atoms with Crippen molar-refractivity contribution in [1.82, 2.24) is 9.55 Å². The molecule has 0 saturated heterocycles. The number of amides is 1. The van der Waals surface area contributed by atoms with E-state index in [1.54, 1.807) is 0 Å². The number of ether oxygens (including phenoxy) is 1. The minimum atomic E-state index is -4.17. The molecular formula is C20H16F3N3O4. The molecule has 1 aromatic heterocycles. The highest BCUT2D eigenvalue weighted by Gasteiger charge is 2.51. The number of aliphatic hydroxyl groups is 1. The van der Waals surface area contributed by atoms with Crippen molar-refractivity contribution in [3.8, 4) is 5.75 Å². The molecule has 2 heterocycles. The standard InChI is InChI=1S/C20H16F3N3O4/c1-10(27)12-4-3-5-15-17(12)30-20(22,23)19(29)26(15)9-16-24-14-7-6-11(21)8-13(14)18(28)25(16)2/h3-8,10,27H,9H2,1-2H3/t10-/m0/s1. The quantitative estimate of drug-likeness (QED) is 0.706. The molecule has 1 amide bonds. The maximum atomic E-state index is 14.3. The van der Waals surface area contributed by atoms with Gasteiger partial charge in [0.2, 0.25) is 0 Å². The van der Waals surface area contributed by atoms with Gasteiger partial charge in [-0.25, -0.2) is 9.37 Å². The lowest BCUT2D eigenvalue weighted by Gasteiger charge is -2.34. The maximum absolute atomic E-state index is 14.3. The van der Waals surface area contributed by atoms with E-state index in [2.05, 4.69) is 9.72 Å². The first-order valence-electron chi connectivity index (χ1n) is 8.95. The molecular weight excluding hydrogens is 403 g/mol. The van der Waals surface area contributed by atoms with E-state index < -0.39 is 36.0 Å². The van der Waals surface area contributed by atoms with Gasteiger partial charge < -0.3 is 9.84 Å². The summed E-state index contributed by atoms with van der Waals surface area (Å²) in [6.45, 7) is 0.915. The Labute approximate surface area is 167 Å². The predicted octanol–water partition coefficient (Wildman–Crippen LogP) is 2.64.